The van der Waals surface area contributed by atoms with Crippen LogP contribution in [-0.4, -0.2) is 23.5 Å². The van der Waals surface area contributed by atoms with Crippen molar-refractivity contribution in [2.24, 2.45) is 0 Å². The highest BCUT2D eigenvalue weighted by molar-refractivity contribution is 7.09. The highest BCUT2D eigenvalue weighted by Gasteiger charge is 2.22. The van der Waals surface area contributed by atoms with Crippen LogP contribution in [0.5, 0.6) is 5.75 Å². The van der Waals surface area contributed by atoms with Crippen molar-refractivity contribution in [1.82, 2.24) is 10.3 Å². The molecule has 5 heteroatoms. The van der Waals surface area contributed by atoms with Crippen molar-refractivity contribution in [2.45, 2.75) is 38.7 Å². The van der Waals surface area contributed by atoms with Crippen LogP contribution in [0.2, 0.25) is 0 Å². The minimum atomic E-state index is 0.000150. The fraction of sp³-hybridized carbons (Fsp3) is 0.412. The number of carbonyl (C=O) groups is 1. The molecule has 0 fully saturated rings. The SMILES string of the molecule is CC(C)c1nc(CC(=O)NCC2Cc3ccccc3O2)cs1. The lowest BCUT2D eigenvalue weighted by molar-refractivity contribution is -0.120. The van der Waals surface area contributed by atoms with Crippen LogP contribution in [0.1, 0.15) is 36.0 Å². The summed E-state index contributed by atoms with van der Waals surface area (Å²) in [5.41, 5.74) is 2.06. The minimum absolute atomic E-state index is 0.000150. The number of benzene rings is 1. The van der Waals surface area contributed by atoms with Gasteiger partial charge in [-0.2, -0.15) is 0 Å². The van der Waals surface area contributed by atoms with Crippen LogP contribution in [0, 0.1) is 0 Å². The molecule has 0 saturated heterocycles. The number of nitrogens with zero attached hydrogens (tertiary/aromatic N) is 1. The zero-order chi connectivity index (χ0) is 15.5. The lowest BCUT2D eigenvalue weighted by Crippen LogP contribution is -2.35. The molecule has 2 aromatic rings. The average molecular weight is 316 g/mol. The molecule has 2 heterocycles. The standard InChI is InChI=1S/C17H20N2O2S/c1-11(2)17-19-13(10-22-17)8-16(20)18-9-14-7-12-5-3-4-6-15(12)21-14/h3-6,10-11,14H,7-9H2,1-2H3,(H,18,20). The summed E-state index contributed by atoms with van der Waals surface area (Å²) in [6, 6.07) is 8.02. The summed E-state index contributed by atoms with van der Waals surface area (Å²) < 4.78 is 5.81. The number of hydrogen-bond acceptors (Lipinski definition) is 4. The monoisotopic (exact) mass is 316 g/mol. The Morgan fingerprint density at radius 3 is 3.00 bits per heavy atom. The van der Waals surface area contributed by atoms with E-state index in [-0.39, 0.29) is 12.0 Å². The molecule has 1 aromatic carbocycles. The Morgan fingerprint density at radius 2 is 2.27 bits per heavy atom. The molecular weight excluding hydrogens is 296 g/mol. The van der Waals surface area contributed by atoms with Gasteiger partial charge < -0.3 is 10.1 Å². The Hall–Kier alpha value is -1.88. The first-order valence-corrected chi connectivity index (χ1v) is 8.45. The number of fused-ring (bicyclic) bond motifs is 1. The van der Waals surface area contributed by atoms with E-state index in [0.717, 1.165) is 22.9 Å². The summed E-state index contributed by atoms with van der Waals surface area (Å²) in [7, 11) is 0. The summed E-state index contributed by atoms with van der Waals surface area (Å²) in [5.74, 6) is 1.34. The van der Waals surface area contributed by atoms with Gasteiger partial charge in [-0.3, -0.25) is 4.79 Å². The Labute approximate surface area is 134 Å². The molecule has 1 N–H and O–H groups in total. The molecule has 1 unspecified atom stereocenters. The fourth-order valence-corrected chi connectivity index (χ4v) is 3.33. The first kappa shape index (κ1) is 15.0. The quantitative estimate of drug-likeness (QED) is 0.923. The first-order chi connectivity index (χ1) is 10.6. The molecule has 0 spiro atoms. The third-order valence-electron chi connectivity index (χ3n) is 3.65. The highest BCUT2D eigenvalue weighted by Crippen LogP contribution is 2.27. The van der Waals surface area contributed by atoms with Crippen molar-refractivity contribution in [2.75, 3.05) is 6.54 Å². The predicted molar refractivity (Wildman–Crippen MR) is 87.5 cm³/mol. The molecule has 1 aromatic heterocycles. The molecule has 0 aliphatic carbocycles. The van der Waals surface area contributed by atoms with E-state index < -0.39 is 0 Å². The predicted octanol–water partition coefficient (Wildman–Crippen LogP) is 2.93. The zero-order valence-corrected chi connectivity index (χ0v) is 13.7. The van der Waals surface area contributed by atoms with Gasteiger partial charge in [0.05, 0.1) is 23.7 Å². The van der Waals surface area contributed by atoms with Gasteiger partial charge in [-0.25, -0.2) is 4.98 Å². The topological polar surface area (TPSA) is 51.2 Å². The summed E-state index contributed by atoms with van der Waals surface area (Å²) >= 11 is 1.62. The second kappa shape index (κ2) is 6.48. The normalized spacial score (nSPS) is 16.4. The van der Waals surface area contributed by atoms with Crippen LogP contribution in [0.3, 0.4) is 0 Å². The molecule has 1 amide bonds. The van der Waals surface area contributed by atoms with Crippen molar-refractivity contribution < 1.29 is 9.53 Å². The van der Waals surface area contributed by atoms with E-state index >= 15 is 0 Å². The summed E-state index contributed by atoms with van der Waals surface area (Å²) in [6.07, 6.45) is 1.22. The van der Waals surface area contributed by atoms with E-state index in [4.69, 9.17) is 4.74 Å². The van der Waals surface area contributed by atoms with E-state index in [2.05, 4.69) is 30.2 Å². The van der Waals surface area contributed by atoms with Gasteiger partial charge in [0.1, 0.15) is 11.9 Å². The van der Waals surface area contributed by atoms with Crippen molar-refractivity contribution >= 4 is 17.2 Å². The third-order valence-corrected chi connectivity index (χ3v) is 4.84. The van der Waals surface area contributed by atoms with Gasteiger partial charge in [0.2, 0.25) is 5.91 Å². The number of ether oxygens (including phenoxy) is 1. The van der Waals surface area contributed by atoms with Crippen molar-refractivity contribution in [3.63, 3.8) is 0 Å². The van der Waals surface area contributed by atoms with E-state index in [1.165, 1.54) is 5.56 Å². The van der Waals surface area contributed by atoms with Gasteiger partial charge in [0, 0.05) is 17.7 Å². The second-order valence-corrected chi connectivity index (χ2v) is 6.75. The van der Waals surface area contributed by atoms with Crippen LogP contribution in [0.15, 0.2) is 29.6 Å². The van der Waals surface area contributed by atoms with Crippen LogP contribution in [0.25, 0.3) is 0 Å². The number of para-hydroxylation sites is 1. The van der Waals surface area contributed by atoms with Crippen LogP contribution in [0.4, 0.5) is 0 Å². The molecule has 1 aliphatic heterocycles. The molecule has 1 aliphatic rings. The van der Waals surface area contributed by atoms with Gasteiger partial charge in [0.15, 0.2) is 0 Å². The van der Waals surface area contributed by atoms with Gasteiger partial charge >= 0.3 is 0 Å². The number of aromatic nitrogens is 1. The second-order valence-electron chi connectivity index (χ2n) is 5.86. The maximum Gasteiger partial charge on any atom is 0.226 e. The smallest absolute Gasteiger partial charge is 0.226 e. The number of carbonyl (C=O) groups excluding carboxylic acids is 1. The summed E-state index contributed by atoms with van der Waals surface area (Å²) in [4.78, 5) is 16.5. The number of thiazole rings is 1. The molecule has 0 radical (unpaired) electrons. The maximum atomic E-state index is 12.0. The molecule has 4 nitrogen and oxygen atoms in total. The molecule has 0 saturated carbocycles. The van der Waals surface area contributed by atoms with Crippen molar-refractivity contribution in [1.29, 1.82) is 0 Å². The Bertz CT molecular complexity index is 641. The van der Waals surface area contributed by atoms with E-state index in [9.17, 15) is 4.79 Å². The largest absolute Gasteiger partial charge is 0.488 e. The minimum Gasteiger partial charge on any atom is -0.488 e. The maximum absolute atomic E-state index is 12.0. The zero-order valence-electron chi connectivity index (χ0n) is 12.8. The van der Waals surface area contributed by atoms with E-state index in [1.54, 1.807) is 11.3 Å². The molecule has 116 valence electrons. The molecule has 3 rings (SSSR count). The highest BCUT2D eigenvalue weighted by atomic mass is 32.1. The van der Waals surface area contributed by atoms with Crippen LogP contribution in [-0.2, 0) is 17.6 Å². The van der Waals surface area contributed by atoms with Gasteiger partial charge in [-0.05, 0) is 11.6 Å². The first-order valence-electron chi connectivity index (χ1n) is 7.57. The summed E-state index contributed by atoms with van der Waals surface area (Å²) in [5, 5.41) is 6.00. The molecular formula is C17H20N2O2S. The van der Waals surface area contributed by atoms with Crippen LogP contribution >= 0.6 is 11.3 Å². The van der Waals surface area contributed by atoms with Gasteiger partial charge in [-0.15, -0.1) is 11.3 Å². The van der Waals surface area contributed by atoms with Gasteiger partial charge in [-0.1, -0.05) is 32.0 Å². The van der Waals surface area contributed by atoms with Crippen LogP contribution < -0.4 is 10.1 Å². The summed E-state index contributed by atoms with van der Waals surface area (Å²) in [6.45, 7) is 4.75. The third kappa shape index (κ3) is 3.47. The van der Waals surface area contributed by atoms with Gasteiger partial charge in [0.25, 0.3) is 0 Å². The van der Waals surface area contributed by atoms with Crippen molar-refractivity contribution in [3.05, 3.63) is 45.9 Å². The molecule has 0 bridgehead atoms. The average Bonchev–Trinajstić information content (AvgIpc) is 3.11. The molecule has 22 heavy (non-hydrogen) atoms. The number of hydrogen-bond donors (Lipinski definition) is 1. The number of amides is 1. The number of nitrogens with one attached hydrogen (secondary N) is 1. The Balaban J connectivity index is 1.47. The molecule has 1 atom stereocenters. The fourth-order valence-electron chi connectivity index (χ4n) is 2.49. The van der Waals surface area contributed by atoms with E-state index in [0.29, 0.717) is 18.9 Å². The lowest BCUT2D eigenvalue weighted by Gasteiger charge is -2.11. The number of rotatable bonds is 5. The van der Waals surface area contributed by atoms with E-state index in [1.807, 2.05) is 23.6 Å². The Kier molecular flexibility index (Phi) is 4.43. The van der Waals surface area contributed by atoms with Crippen molar-refractivity contribution in [3.8, 4) is 5.75 Å². The lowest BCUT2D eigenvalue weighted by atomic mass is 10.1. The Morgan fingerprint density at radius 1 is 1.45 bits per heavy atom.